The quantitative estimate of drug-likeness (QED) is 0.353. The van der Waals surface area contributed by atoms with Crippen LogP contribution in [0, 0.1) is 0 Å². The molecule has 0 aliphatic rings. The third-order valence-corrected chi connectivity index (χ3v) is 3.81. The number of unbranched alkanes of at least 4 members (excludes halogenated alkanes) is 10. The van der Waals surface area contributed by atoms with Gasteiger partial charge in [-0.25, -0.2) is 0 Å². The molecule has 0 aliphatic heterocycles. The highest BCUT2D eigenvalue weighted by Gasteiger charge is 2.10. The smallest absolute Gasteiger partial charge is 0.148 e. The van der Waals surface area contributed by atoms with Gasteiger partial charge in [-0.2, -0.15) is 0 Å². The van der Waals surface area contributed by atoms with E-state index in [1.165, 1.54) is 57.8 Å². The van der Waals surface area contributed by atoms with Crippen LogP contribution in [0.5, 0.6) is 0 Å². The molecule has 0 aromatic rings. The Morgan fingerprint density at radius 1 is 0.800 bits per heavy atom. The molecular formula is C17H34O3. The Balaban J connectivity index is 3.14. The monoisotopic (exact) mass is 286 g/mol. The molecule has 120 valence electrons. The lowest BCUT2D eigenvalue weighted by Gasteiger charge is -2.11. The predicted molar refractivity (Wildman–Crippen MR) is 83.8 cm³/mol. The number of aliphatic hydroxyl groups is 2. The van der Waals surface area contributed by atoms with E-state index < -0.39 is 12.2 Å². The summed E-state index contributed by atoms with van der Waals surface area (Å²) < 4.78 is 0. The van der Waals surface area contributed by atoms with E-state index in [1.54, 1.807) is 0 Å². The van der Waals surface area contributed by atoms with Crippen LogP contribution in [0.2, 0.25) is 0 Å². The second kappa shape index (κ2) is 15.0. The van der Waals surface area contributed by atoms with Crippen LogP contribution in [0.15, 0.2) is 0 Å². The predicted octanol–water partition coefficient (Wildman–Crippen LogP) is 4.00. The standard InChI is InChI=1S/C17H34O3/c1-2-3-4-5-6-7-8-9-10-11-12-13-16(19)14-17(20)15-18/h15-17,19-20H,2-14H2,1H3. The number of carbonyl (C=O) groups is 1. The van der Waals surface area contributed by atoms with Crippen molar-refractivity contribution in [2.75, 3.05) is 0 Å². The van der Waals surface area contributed by atoms with Gasteiger partial charge in [0.1, 0.15) is 12.4 Å². The van der Waals surface area contributed by atoms with Gasteiger partial charge in [-0.3, -0.25) is 0 Å². The van der Waals surface area contributed by atoms with E-state index in [0.29, 0.717) is 12.7 Å². The zero-order chi connectivity index (χ0) is 15.1. The summed E-state index contributed by atoms with van der Waals surface area (Å²) in [7, 11) is 0. The first-order valence-corrected chi connectivity index (χ1v) is 8.52. The molecule has 20 heavy (non-hydrogen) atoms. The second-order valence-corrected chi connectivity index (χ2v) is 5.92. The summed E-state index contributed by atoms with van der Waals surface area (Å²) in [6.07, 6.45) is 14.0. The number of aliphatic hydroxyl groups excluding tert-OH is 2. The van der Waals surface area contributed by atoms with Crippen LogP contribution in [0.3, 0.4) is 0 Å². The van der Waals surface area contributed by atoms with Crippen molar-refractivity contribution < 1.29 is 15.0 Å². The minimum atomic E-state index is -1.00. The summed E-state index contributed by atoms with van der Waals surface area (Å²) in [5.41, 5.74) is 0. The lowest BCUT2D eigenvalue weighted by molar-refractivity contribution is -0.116. The van der Waals surface area contributed by atoms with Crippen LogP contribution in [-0.2, 0) is 4.79 Å². The van der Waals surface area contributed by atoms with E-state index in [1.807, 2.05) is 0 Å². The Labute approximate surface area is 124 Å². The Kier molecular flexibility index (Phi) is 14.7. The summed E-state index contributed by atoms with van der Waals surface area (Å²) in [4.78, 5) is 10.2. The third kappa shape index (κ3) is 14.0. The first-order chi connectivity index (χ1) is 9.70. The number of carbonyl (C=O) groups excluding carboxylic acids is 1. The van der Waals surface area contributed by atoms with Crippen LogP contribution < -0.4 is 0 Å². The average molecular weight is 286 g/mol. The zero-order valence-corrected chi connectivity index (χ0v) is 13.2. The molecule has 2 N–H and O–H groups in total. The molecule has 0 heterocycles. The van der Waals surface area contributed by atoms with Gasteiger partial charge >= 0.3 is 0 Å². The summed E-state index contributed by atoms with van der Waals surface area (Å²) in [5, 5.41) is 18.7. The molecule has 0 aromatic heterocycles. The Bertz CT molecular complexity index is 206. The molecule has 0 radical (unpaired) electrons. The minimum absolute atomic E-state index is 0.182. The summed E-state index contributed by atoms with van der Waals surface area (Å²) in [6, 6.07) is 0. The topological polar surface area (TPSA) is 57.5 Å². The Morgan fingerprint density at radius 2 is 1.25 bits per heavy atom. The molecule has 0 saturated heterocycles. The first kappa shape index (κ1) is 19.6. The van der Waals surface area contributed by atoms with E-state index in [4.69, 9.17) is 5.11 Å². The van der Waals surface area contributed by atoms with Crippen LogP contribution >= 0.6 is 0 Å². The molecular weight excluding hydrogens is 252 g/mol. The fourth-order valence-corrected chi connectivity index (χ4v) is 2.50. The van der Waals surface area contributed by atoms with Crippen LogP contribution in [-0.4, -0.2) is 28.7 Å². The van der Waals surface area contributed by atoms with Crippen molar-refractivity contribution in [1.29, 1.82) is 0 Å². The van der Waals surface area contributed by atoms with Crippen molar-refractivity contribution in [3.05, 3.63) is 0 Å². The van der Waals surface area contributed by atoms with E-state index in [0.717, 1.165) is 12.8 Å². The van der Waals surface area contributed by atoms with Crippen molar-refractivity contribution >= 4 is 6.29 Å². The third-order valence-electron chi connectivity index (χ3n) is 3.81. The molecule has 2 atom stereocenters. The van der Waals surface area contributed by atoms with Gasteiger partial charge in [0.15, 0.2) is 0 Å². The highest BCUT2D eigenvalue weighted by atomic mass is 16.3. The maximum atomic E-state index is 10.2. The highest BCUT2D eigenvalue weighted by Crippen LogP contribution is 2.13. The fourth-order valence-electron chi connectivity index (χ4n) is 2.50. The molecule has 0 amide bonds. The molecule has 0 aliphatic carbocycles. The summed E-state index contributed by atoms with van der Waals surface area (Å²) in [5.74, 6) is 0. The van der Waals surface area contributed by atoms with Gasteiger partial charge < -0.3 is 15.0 Å². The minimum Gasteiger partial charge on any atom is -0.393 e. The van der Waals surface area contributed by atoms with E-state index in [9.17, 15) is 9.90 Å². The molecule has 0 fully saturated rings. The maximum absolute atomic E-state index is 10.2. The Hall–Kier alpha value is -0.410. The van der Waals surface area contributed by atoms with E-state index in [-0.39, 0.29) is 6.42 Å². The Morgan fingerprint density at radius 3 is 1.70 bits per heavy atom. The summed E-state index contributed by atoms with van der Waals surface area (Å²) >= 11 is 0. The first-order valence-electron chi connectivity index (χ1n) is 8.52. The number of rotatable bonds is 15. The average Bonchev–Trinajstić information content (AvgIpc) is 2.44. The molecule has 2 unspecified atom stereocenters. The van der Waals surface area contributed by atoms with Gasteiger partial charge in [-0.1, -0.05) is 77.6 Å². The van der Waals surface area contributed by atoms with Gasteiger partial charge in [-0.05, 0) is 6.42 Å². The van der Waals surface area contributed by atoms with E-state index >= 15 is 0 Å². The van der Waals surface area contributed by atoms with Crippen molar-refractivity contribution in [2.24, 2.45) is 0 Å². The van der Waals surface area contributed by atoms with E-state index in [2.05, 4.69) is 6.92 Å². The molecule has 0 spiro atoms. The van der Waals surface area contributed by atoms with Gasteiger partial charge in [0.25, 0.3) is 0 Å². The van der Waals surface area contributed by atoms with Gasteiger partial charge in [-0.15, -0.1) is 0 Å². The van der Waals surface area contributed by atoms with Gasteiger partial charge in [0.2, 0.25) is 0 Å². The van der Waals surface area contributed by atoms with Crippen LogP contribution in [0.25, 0.3) is 0 Å². The maximum Gasteiger partial charge on any atom is 0.148 e. The van der Waals surface area contributed by atoms with Crippen molar-refractivity contribution in [3.8, 4) is 0 Å². The normalized spacial score (nSPS) is 14.2. The molecule has 3 nitrogen and oxygen atoms in total. The lowest BCUT2D eigenvalue weighted by atomic mass is 10.0. The zero-order valence-electron chi connectivity index (χ0n) is 13.2. The van der Waals surface area contributed by atoms with Gasteiger partial charge in [0.05, 0.1) is 6.10 Å². The SMILES string of the molecule is CCCCCCCCCCCCCC(O)CC(O)C=O. The van der Waals surface area contributed by atoms with Crippen molar-refractivity contribution in [3.63, 3.8) is 0 Å². The fraction of sp³-hybridized carbons (Fsp3) is 0.941. The number of hydrogen-bond acceptors (Lipinski definition) is 3. The van der Waals surface area contributed by atoms with Crippen LogP contribution in [0.1, 0.15) is 90.4 Å². The van der Waals surface area contributed by atoms with Crippen molar-refractivity contribution in [2.45, 2.75) is 103 Å². The van der Waals surface area contributed by atoms with Crippen LogP contribution in [0.4, 0.5) is 0 Å². The second-order valence-electron chi connectivity index (χ2n) is 5.92. The van der Waals surface area contributed by atoms with Crippen molar-refractivity contribution in [1.82, 2.24) is 0 Å². The molecule has 3 heteroatoms. The molecule has 0 saturated carbocycles. The molecule has 0 bridgehead atoms. The molecule has 0 rings (SSSR count). The largest absolute Gasteiger partial charge is 0.393 e. The lowest BCUT2D eigenvalue weighted by Crippen LogP contribution is -2.18. The number of hydrogen-bond donors (Lipinski definition) is 2. The summed E-state index contributed by atoms with van der Waals surface area (Å²) in [6.45, 7) is 2.25. The number of aldehydes is 1. The highest BCUT2D eigenvalue weighted by molar-refractivity contribution is 5.55. The molecule has 0 aromatic carbocycles. The van der Waals surface area contributed by atoms with Gasteiger partial charge in [0, 0.05) is 6.42 Å².